The van der Waals surface area contributed by atoms with E-state index in [1.807, 2.05) is 54.6 Å². The third kappa shape index (κ3) is 3.43. The van der Waals surface area contributed by atoms with E-state index in [9.17, 15) is 10.1 Å². The maximum Gasteiger partial charge on any atom is 0.269 e. The van der Waals surface area contributed by atoms with Crippen molar-refractivity contribution < 1.29 is 4.92 Å². The van der Waals surface area contributed by atoms with E-state index in [-0.39, 0.29) is 5.69 Å². The SMILES string of the molecule is O=[N+]([O-])c1ccc(C(=NCc2ccccc2)n2nnc3ccccc32)cc1. The molecule has 1 aromatic heterocycles. The second-order valence-electron chi connectivity index (χ2n) is 5.92. The van der Waals surface area contributed by atoms with E-state index in [0.29, 0.717) is 12.4 Å². The molecule has 0 fully saturated rings. The molecule has 0 aliphatic heterocycles. The fourth-order valence-electron chi connectivity index (χ4n) is 2.79. The summed E-state index contributed by atoms with van der Waals surface area (Å²) in [6.07, 6.45) is 0. The molecule has 0 saturated heterocycles. The van der Waals surface area contributed by atoms with Gasteiger partial charge < -0.3 is 0 Å². The van der Waals surface area contributed by atoms with E-state index in [0.717, 1.165) is 22.2 Å². The van der Waals surface area contributed by atoms with E-state index in [1.165, 1.54) is 12.1 Å². The van der Waals surface area contributed by atoms with Gasteiger partial charge in [0, 0.05) is 17.7 Å². The highest BCUT2D eigenvalue weighted by Crippen LogP contribution is 2.17. The first-order valence-corrected chi connectivity index (χ1v) is 8.36. The smallest absolute Gasteiger partial charge is 0.261 e. The van der Waals surface area contributed by atoms with Gasteiger partial charge in [-0.25, -0.2) is 0 Å². The van der Waals surface area contributed by atoms with Crippen LogP contribution in [0, 0.1) is 10.1 Å². The van der Waals surface area contributed by atoms with Crippen molar-refractivity contribution in [2.24, 2.45) is 4.99 Å². The van der Waals surface area contributed by atoms with E-state index in [2.05, 4.69) is 10.3 Å². The Bertz CT molecular complexity index is 1120. The lowest BCUT2D eigenvalue weighted by molar-refractivity contribution is -0.384. The summed E-state index contributed by atoms with van der Waals surface area (Å²) in [7, 11) is 0. The predicted molar refractivity (Wildman–Crippen MR) is 103 cm³/mol. The van der Waals surface area contributed by atoms with Crippen molar-refractivity contribution in [1.29, 1.82) is 0 Å². The first kappa shape index (κ1) is 16.6. The number of nitrogens with zero attached hydrogens (tertiary/aromatic N) is 5. The predicted octanol–water partition coefficient (Wildman–Crippen LogP) is 3.83. The topological polar surface area (TPSA) is 86.2 Å². The Balaban J connectivity index is 1.80. The summed E-state index contributed by atoms with van der Waals surface area (Å²) >= 11 is 0. The second kappa shape index (κ2) is 7.17. The fraction of sp³-hybridized carbons (Fsp3) is 0.0500. The van der Waals surface area contributed by atoms with Crippen molar-refractivity contribution in [3.05, 3.63) is 100 Å². The average Bonchev–Trinajstić information content (AvgIpc) is 3.13. The van der Waals surface area contributed by atoms with Crippen LogP contribution >= 0.6 is 0 Å². The van der Waals surface area contributed by atoms with Gasteiger partial charge in [-0.15, -0.1) is 5.10 Å². The molecule has 7 heteroatoms. The van der Waals surface area contributed by atoms with Gasteiger partial charge in [-0.3, -0.25) is 15.1 Å². The molecule has 4 aromatic rings. The molecule has 7 nitrogen and oxygen atoms in total. The lowest BCUT2D eigenvalue weighted by atomic mass is 10.1. The summed E-state index contributed by atoms with van der Waals surface area (Å²) < 4.78 is 1.67. The summed E-state index contributed by atoms with van der Waals surface area (Å²) in [5, 5.41) is 19.4. The van der Waals surface area contributed by atoms with Crippen LogP contribution in [0.25, 0.3) is 11.0 Å². The third-order valence-electron chi connectivity index (χ3n) is 4.14. The molecule has 0 atom stereocenters. The molecular formula is C20H15N5O2. The molecule has 0 radical (unpaired) electrons. The molecule has 0 aliphatic carbocycles. The van der Waals surface area contributed by atoms with E-state index >= 15 is 0 Å². The largest absolute Gasteiger partial charge is 0.269 e. The average molecular weight is 357 g/mol. The van der Waals surface area contributed by atoms with Gasteiger partial charge in [0.05, 0.1) is 17.0 Å². The van der Waals surface area contributed by atoms with Gasteiger partial charge in [0.2, 0.25) is 0 Å². The Morgan fingerprint density at radius 1 is 0.963 bits per heavy atom. The molecule has 0 spiro atoms. The molecule has 1 heterocycles. The van der Waals surface area contributed by atoms with Crippen LogP contribution in [-0.2, 0) is 6.54 Å². The van der Waals surface area contributed by atoms with Crippen molar-refractivity contribution in [3.8, 4) is 0 Å². The molecule has 0 amide bonds. The molecule has 27 heavy (non-hydrogen) atoms. The Morgan fingerprint density at radius 3 is 2.41 bits per heavy atom. The highest BCUT2D eigenvalue weighted by atomic mass is 16.6. The van der Waals surface area contributed by atoms with Crippen molar-refractivity contribution >= 4 is 22.6 Å². The van der Waals surface area contributed by atoms with Crippen LogP contribution in [0.4, 0.5) is 5.69 Å². The summed E-state index contributed by atoms with van der Waals surface area (Å²) in [5.41, 5.74) is 3.40. The Labute approximate surface area is 154 Å². The number of aliphatic imine (C=N–C) groups is 1. The number of nitro groups is 1. The van der Waals surface area contributed by atoms with Crippen LogP contribution in [0.5, 0.6) is 0 Å². The quantitative estimate of drug-likeness (QED) is 0.240. The summed E-state index contributed by atoms with van der Waals surface area (Å²) in [5.74, 6) is 0.586. The van der Waals surface area contributed by atoms with Crippen LogP contribution in [0.2, 0.25) is 0 Å². The number of non-ortho nitro benzene ring substituents is 1. The number of benzene rings is 3. The van der Waals surface area contributed by atoms with Crippen molar-refractivity contribution in [2.45, 2.75) is 6.54 Å². The number of hydrogen-bond donors (Lipinski definition) is 0. The molecule has 4 rings (SSSR count). The number of fused-ring (bicyclic) bond motifs is 1. The molecule has 0 unspecified atom stereocenters. The number of aromatic nitrogens is 3. The summed E-state index contributed by atoms with van der Waals surface area (Å²) in [4.78, 5) is 15.3. The maximum atomic E-state index is 10.9. The van der Waals surface area contributed by atoms with Crippen LogP contribution in [0.15, 0.2) is 83.9 Å². The van der Waals surface area contributed by atoms with E-state index < -0.39 is 4.92 Å². The highest BCUT2D eigenvalue weighted by molar-refractivity contribution is 6.04. The third-order valence-corrected chi connectivity index (χ3v) is 4.14. The first-order chi connectivity index (χ1) is 13.2. The fourth-order valence-corrected chi connectivity index (χ4v) is 2.79. The monoisotopic (exact) mass is 357 g/mol. The van der Waals surface area contributed by atoms with Crippen molar-refractivity contribution in [1.82, 2.24) is 15.0 Å². The lowest BCUT2D eigenvalue weighted by Gasteiger charge is -2.08. The summed E-state index contributed by atoms with van der Waals surface area (Å²) in [6, 6.07) is 23.8. The molecule has 0 bridgehead atoms. The van der Waals surface area contributed by atoms with Gasteiger partial charge in [0.1, 0.15) is 5.52 Å². The normalized spacial score (nSPS) is 11.6. The zero-order chi connectivity index (χ0) is 18.6. The number of rotatable bonds is 4. The zero-order valence-electron chi connectivity index (χ0n) is 14.3. The van der Waals surface area contributed by atoms with Gasteiger partial charge in [-0.1, -0.05) is 47.7 Å². The molecule has 3 aromatic carbocycles. The summed E-state index contributed by atoms with van der Waals surface area (Å²) in [6.45, 7) is 0.460. The lowest BCUT2D eigenvalue weighted by Crippen LogP contribution is -2.16. The number of hydrogen-bond acceptors (Lipinski definition) is 5. The van der Waals surface area contributed by atoms with Gasteiger partial charge >= 0.3 is 0 Å². The van der Waals surface area contributed by atoms with E-state index in [1.54, 1.807) is 16.8 Å². The maximum absolute atomic E-state index is 10.9. The highest BCUT2D eigenvalue weighted by Gasteiger charge is 2.14. The minimum Gasteiger partial charge on any atom is -0.261 e. The Morgan fingerprint density at radius 2 is 1.67 bits per heavy atom. The van der Waals surface area contributed by atoms with Crippen molar-refractivity contribution in [3.63, 3.8) is 0 Å². The Hall–Kier alpha value is -3.87. The van der Waals surface area contributed by atoms with Crippen LogP contribution in [0.1, 0.15) is 11.1 Å². The van der Waals surface area contributed by atoms with Crippen LogP contribution < -0.4 is 0 Å². The van der Waals surface area contributed by atoms with E-state index in [4.69, 9.17) is 4.99 Å². The van der Waals surface area contributed by atoms with Gasteiger partial charge in [0.25, 0.3) is 5.69 Å². The Kier molecular flexibility index (Phi) is 4.40. The molecular weight excluding hydrogens is 342 g/mol. The van der Waals surface area contributed by atoms with Gasteiger partial charge in [-0.05, 0) is 29.8 Å². The zero-order valence-corrected chi connectivity index (χ0v) is 14.3. The van der Waals surface area contributed by atoms with Crippen LogP contribution in [0.3, 0.4) is 0 Å². The first-order valence-electron chi connectivity index (χ1n) is 8.36. The second-order valence-corrected chi connectivity index (χ2v) is 5.92. The minimum absolute atomic E-state index is 0.0320. The molecule has 0 N–H and O–H groups in total. The van der Waals surface area contributed by atoms with Crippen LogP contribution in [-0.4, -0.2) is 25.8 Å². The van der Waals surface area contributed by atoms with Gasteiger partial charge in [0.15, 0.2) is 5.84 Å². The standard InChI is InChI=1S/C20H15N5O2/c26-25(27)17-12-10-16(11-13-17)20(21-14-15-6-2-1-3-7-15)24-19-9-5-4-8-18(19)22-23-24/h1-13H,14H2. The molecule has 0 aliphatic rings. The van der Waals surface area contributed by atoms with Gasteiger partial charge in [-0.2, -0.15) is 4.68 Å². The molecule has 132 valence electrons. The minimum atomic E-state index is -0.421. The number of para-hydroxylation sites is 1. The van der Waals surface area contributed by atoms with Crippen molar-refractivity contribution in [2.75, 3.05) is 0 Å². The molecule has 0 saturated carbocycles. The number of nitro benzene ring substituents is 1.